The Bertz CT molecular complexity index is 610. The van der Waals surface area contributed by atoms with Gasteiger partial charge in [0.1, 0.15) is 6.04 Å². The number of halogens is 3. The van der Waals surface area contributed by atoms with E-state index in [0.29, 0.717) is 32.7 Å². The first-order chi connectivity index (χ1) is 11.7. The normalized spacial score (nSPS) is 16.8. The Morgan fingerprint density at radius 1 is 1.28 bits per heavy atom. The molecule has 1 atom stereocenters. The predicted octanol–water partition coefficient (Wildman–Crippen LogP) is 2.77. The zero-order valence-electron chi connectivity index (χ0n) is 14.1. The number of nitrogens with one attached hydrogen (secondary N) is 1. The van der Waals surface area contributed by atoms with Gasteiger partial charge in [0.15, 0.2) is 0 Å². The molecule has 5 nitrogen and oxygen atoms in total. The van der Waals surface area contributed by atoms with Gasteiger partial charge in [0.05, 0.1) is 24.3 Å². The minimum Gasteiger partial charge on any atom is -0.378 e. The maximum atomic E-state index is 13.0. The number of hydrogen-bond acceptors (Lipinski definition) is 4. The highest BCUT2D eigenvalue weighted by Crippen LogP contribution is 2.34. The largest absolute Gasteiger partial charge is 0.417 e. The summed E-state index contributed by atoms with van der Waals surface area (Å²) in [5.74, 6) is -1.06. The van der Waals surface area contributed by atoms with Crippen LogP contribution in [0.2, 0.25) is 0 Å². The van der Waals surface area contributed by atoms with E-state index >= 15 is 0 Å². The molecular weight excluding hydrogens is 357 g/mol. The Kier molecular flexibility index (Phi) is 6.45. The number of hydrogen-bond donors (Lipinski definition) is 1. The molecule has 0 spiro atoms. The van der Waals surface area contributed by atoms with E-state index in [9.17, 15) is 22.8 Å². The van der Waals surface area contributed by atoms with Crippen molar-refractivity contribution in [2.24, 2.45) is 5.92 Å². The van der Waals surface area contributed by atoms with Gasteiger partial charge in [-0.3, -0.25) is 9.59 Å². The molecule has 1 saturated heterocycles. The van der Waals surface area contributed by atoms with Crippen molar-refractivity contribution >= 4 is 23.2 Å². The summed E-state index contributed by atoms with van der Waals surface area (Å²) in [7, 11) is 0. The molecule has 0 aromatic carbocycles. The maximum Gasteiger partial charge on any atom is 0.417 e. The molecule has 0 unspecified atom stereocenters. The second-order valence-electron chi connectivity index (χ2n) is 6.29. The molecule has 0 radical (unpaired) electrons. The van der Waals surface area contributed by atoms with Crippen LogP contribution in [0.3, 0.4) is 0 Å². The SMILES string of the molecule is CC(C)C[C@H](NC(=O)c1cscc1C(F)(F)F)C(=O)N1CCOCC1. The predicted molar refractivity (Wildman–Crippen MR) is 87.4 cm³/mol. The highest BCUT2D eigenvalue weighted by atomic mass is 32.1. The number of morpholine rings is 1. The van der Waals surface area contributed by atoms with Crippen LogP contribution >= 0.6 is 11.3 Å². The molecule has 0 bridgehead atoms. The average molecular weight is 378 g/mol. The highest BCUT2D eigenvalue weighted by molar-refractivity contribution is 7.08. The van der Waals surface area contributed by atoms with Gasteiger partial charge in [0.2, 0.25) is 5.91 Å². The van der Waals surface area contributed by atoms with Crippen LogP contribution in [0, 0.1) is 5.92 Å². The molecule has 1 aliphatic heterocycles. The van der Waals surface area contributed by atoms with Crippen molar-refractivity contribution in [3.63, 3.8) is 0 Å². The standard InChI is InChI=1S/C16H21F3N2O3S/c1-10(2)7-13(15(23)21-3-5-24-6-4-21)20-14(22)11-8-25-9-12(11)16(17,18)19/h8-10,13H,3-7H2,1-2H3,(H,20,22)/t13-/m0/s1. The molecule has 2 rings (SSSR count). The van der Waals surface area contributed by atoms with Crippen molar-refractivity contribution in [3.05, 3.63) is 21.9 Å². The minimum absolute atomic E-state index is 0.0971. The molecule has 2 heterocycles. The molecule has 1 N–H and O–H groups in total. The van der Waals surface area contributed by atoms with E-state index in [1.807, 2.05) is 13.8 Å². The molecule has 1 aromatic rings. The summed E-state index contributed by atoms with van der Waals surface area (Å²) in [4.78, 5) is 26.6. The molecule has 1 fully saturated rings. The van der Waals surface area contributed by atoms with Crippen LogP contribution in [0.1, 0.15) is 36.2 Å². The zero-order chi connectivity index (χ0) is 18.6. The molecule has 0 saturated carbocycles. The topological polar surface area (TPSA) is 58.6 Å². The van der Waals surface area contributed by atoms with E-state index in [2.05, 4.69) is 5.32 Å². The van der Waals surface area contributed by atoms with E-state index in [-0.39, 0.29) is 11.8 Å². The molecule has 1 aliphatic rings. The highest BCUT2D eigenvalue weighted by Gasteiger charge is 2.37. The van der Waals surface area contributed by atoms with Gasteiger partial charge >= 0.3 is 6.18 Å². The Hall–Kier alpha value is -1.61. The van der Waals surface area contributed by atoms with Crippen molar-refractivity contribution in [3.8, 4) is 0 Å². The first kappa shape index (κ1) is 19.7. The monoisotopic (exact) mass is 378 g/mol. The van der Waals surface area contributed by atoms with Crippen molar-refractivity contribution in [2.75, 3.05) is 26.3 Å². The lowest BCUT2D eigenvalue weighted by atomic mass is 10.0. The molecular formula is C16H21F3N2O3S. The van der Waals surface area contributed by atoms with Gasteiger partial charge < -0.3 is 15.0 Å². The quantitative estimate of drug-likeness (QED) is 0.857. The maximum absolute atomic E-state index is 13.0. The van der Waals surface area contributed by atoms with Crippen LogP contribution in [0.15, 0.2) is 10.8 Å². The van der Waals surface area contributed by atoms with Gasteiger partial charge in [-0.05, 0) is 12.3 Å². The van der Waals surface area contributed by atoms with Gasteiger partial charge in [-0.15, -0.1) is 0 Å². The molecule has 9 heteroatoms. The Morgan fingerprint density at radius 3 is 2.48 bits per heavy atom. The van der Waals surface area contributed by atoms with Crippen LogP contribution in [-0.4, -0.2) is 49.1 Å². The van der Waals surface area contributed by atoms with Crippen molar-refractivity contribution < 1.29 is 27.5 Å². The summed E-state index contributed by atoms with van der Waals surface area (Å²) in [6.07, 6.45) is -4.25. The first-order valence-corrected chi connectivity index (χ1v) is 8.95. The van der Waals surface area contributed by atoms with E-state index in [4.69, 9.17) is 4.74 Å². The van der Waals surface area contributed by atoms with E-state index in [1.165, 1.54) is 0 Å². The summed E-state index contributed by atoms with van der Waals surface area (Å²) in [6, 6.07) is -0.855. The van der Waals surface area contributed by atoms with Crippen molar-refractivity contribution in [2.45, 2.75) is 32.5 Å². The van der Waals surface area contributed by atoms with Crippen molar-refractivity contribution in [1.29, 1.82) is 0 Å². The number of carbonyl (C=O) groups is 2. The Morgan fingerprint density at radius 2 is 1.92 bits per heavy atom. The van der Waals surface area contributed by atoms with E-state index in [1.54, 1.807) is 4.90 Å². The summed E-state index contributed by atoms with van der Waals surface area (Å²) in [5, 5.41) is 4.55. The third kappa shape index (κ3) is 5.18. The average Bonchev–Trinajstić information content (AvgIpc) is 3.04. The van der Waals surface area contributed by atoms with E-state index < -0.39 is 29.3 Å². The fourth-order valence-electron chi connectivity index (χ4n) is 2.63. The summed E-state index contributed by atoms with van der Waals surface area (Å²) in [5.41, 5.74) is -1.42. The van der Waals surface area contributed by atoms with Gasteiger partial charge in [-0.2, -0.15) is 24.5 Å². The molecule has 140 valence electrons. The number of thiophene rings is 1. The fourth-order valence-corrected chi connectivity index (χ4v) is 3.46. The molecule has 2 amide bonds. The second-order valence-corrected chi connectivity index (χ2v) is 7.03. The summed E-state index contributed by atoms with van der Waals surface area (Å²) in [6.45, 7) is 5.42. The van der Waals surface area contributed by atoms with Crippen LogP contribution in [0.5, 0.6) is 0 Å². The first-order valence-electron chi connectivity index (χ1n) is 8.01. The number of amides is 2. The Balaban J connectivity index is 2.15. The van der Waals surface area contributed by atoms with Crippen molar-refractivity contribution in [1.82, 2.24) is 10.2 Å². The number of rotatable bonds is 5. The van der Waals surface area contributed by atoms with Gasteiger partial charge in [0, 0.05) is 23.8 Å². The number of nitrogens with zero attached hydrogens (tertiary/aromatic N) is 1. The smallest absolute Gasteiger partial charge is 0.378 e. The third-order valence-corrected chi connectivity index (χ3v) is 4.59. The van der Waals surface area contributed by atoms with Crippen LogP contribution in [0.4, 0.5) is 13.2 Å². The Labute approximate surface area is 148 Å². The fraction of sp³-hybridized carbons (Fsp3) is 0.625. The lowest BCUT2D eigenvalue weighted by molar-refractivity contribution is -0.137. The molecule has 1 aromatic heterocycles. The zero-order valence-corrected chi connectivity index (χ0v) is 14.9. The third-order valence-electron chi connectivity index (χ3n) is 3.85. The van der Waals surface area contributed by atoms with Gasteiger partial charge in [0.25, 0.3) is 5.91 Å². The number of carbonyl (C=O) groups excluding carboxylic acids is 2. The van der Waals surface area contributed by atoms with Crippen LogP contribution in [0.25, 0.3) is 0 Å². The van der Waals surface area contributed by atoms with Crippen LogP contribution < -0.4 is 5.32 Å². The lowest BCUT2D eigenvalue weighted by Gasteiger charge is -2.31. The molecule has 25 heavy (non-hydrogen) atoms. The summed E-state index contributed by atoms with van der Waals surface area (Å²) < 4.78 is 44.1. The van der Waals surface area contributed by atoms with E-state index in [0.717, 1.165) is 22.1 Å². The number of alkyl halides is 3. The van der Waals surface area contributed by atoms with Crippen LogP contribution in [-0.2, 0) is 15.7 Å². The number of ether oxygens (including phenoxy) is 1. The minimum atomic E-state index is -4.60. The van der Waals surface area contributed by atoms with Gasteiger partial charge in [-0.1, -0.05) is 13.8 Å². The van der Waals surface area contributed by atoms with Gasteiger partial charge in [-0.25, -0.2) is 0 Å². The molecule has 0 aliphatic carbocycles. The lowest BCUT2D eigenvalue weighted by Crippen LogP contribution is -2.52. The second kappa shape index (κ2) is 8.18. The summed E-state index contributed by atoms with van der Waals surface area (Å²) >= 11 is 0.806.